The van der Waals surface area contributed by atoms with Gasteiger partial charge in [-0.3, -0.25) is 4.79 Å². The van der Waals surface area contributed by atoms with Crippen molar-refractivity contribution in [1.29, 1.82) is 0 Å². The number of alkyl halides is 3. The number of nitrogens with zero attached hydrogens (tertiary/aromatic N) is 1. The van der Waals surface area contributed by atoms with Gasteiger partial charge in [-0.25, -0.2) is 0 Å². The number of hydrogen-bond acceptors (Lipinski definition) is 2. The van der Waals surface area contributed by atoms with Crippen LogP contribution in [0, 0.1) is 0 Å². The van der Waals surface area contributed by atoms with Crippen LogP contribution < -0.4 is 5.32 Å². The number of likely N-dealkylation sites (N-methyl/N-ethyl adjacent to an activating group) is 1. The van der Waals surface area contributed by atoms with Crippen LogP contribution in [0.25, 0.3) is 0 Å². The van der Waals surface area contributed by atoms with E-state index in [1.54, 1.807) is 0 Å². The van der Waals surface area contributed by atoms with Crippen molar-refractivity contribution in [2.45, 2.75) is 50.4 Å². The smallest absolute Gasteiger partial charge is 0.348 e. The molecule has 1 N–H and O–H groups in total. The maximum atomic E-state index is 12.6. The van der Waals surface area contributed by atoms with E-state index in [1.807, 2.05) is 14.1 Å². The van der Waals surface area contributed by atoms with Crippen LogP contribution in [0.1, 0.15) is 48.0 Å². The van der Waals surface area contributed by atoms with Gasteiger partial charge in [0.1, 0.15) is 0 Å². The largest absolute Gasteiger partial charge is 0.416 e. The van der Waals surface area contributed by atoms with Crippen LogP contribution in [0.4, 0.5) is 13.2 Å². The van der Waals surface area contributed by atoms with E-state index >= 15 is 0 Å². The predicted octanol–water partition coefficient (Wildman–Crippen LogP) is 3.70. The Bertz CT molecular complexity index is 526. The molecule has 128 valence electrons. The van der Waals surface area contributed by atoms with Gasteiger partial charge in [0.05, 0.1) is 5.56 Å². The zero-order valence-electron chi connectivity index (χ0n) is 13.5. The SMILES string of the molecule is CN(C)[C@@H]1CCCCC[C@H]1NC(=O)c1ccc(C(F)(F)F)cc1. The van der Waals surface area contributed by atoms with E-state index in [9.17, 15) is 18.0 Å². The molecule has 1 saturated carbocycles. The second-order valence-electron chi connectivity index (χ2n) is 6.32. The molecule has 0 bridgehead atoms. The second-order valence-corrected chi connectivity index (χ2v) is 6.32. The first-order valence-electron chi connectivity index (χ1n) is 7.93. The van der Waals surface area contributed by atoms with Gasteiger partial charge in [0.2, 0.25) is 0 Å². The molecule has 1 amide bonds. The highest BCUT2D eigenvalue weighted by Crippen LogP contribution is 2.29. The molecule has 0 radical (unpaired) electrons. The summed E-state index contributed by atoms with van der Waals surface area (Å²) in [6, 6.07) is 4.66. The van der Waals surface area contributed by atoms with Gasteiger partial charge >= 0.3 is 6.18 Å². The Morgan fingerprint density at radius 1 is 1.09 bits per heavy atom. The Hall–Kier alpha value is -1.56. The first-order chi connectivity index (χ1) is 10.8. The fourth-order valence-corrected chi connectivity index (χ4v) is 3.14. The summed E-state index contributed by atoms with van der Waals surface area (Å²) >= 11 is 0. The number of amides is 1. The molecule has 3 nitrogen and oxygen atoms in total. The number of benzene rings is 1. The number of hydrogen-bond donors (Lipinski definition) is 1. The van der Waals surface area contributed by atoms with E-state index in [0.29, 0.717) is 0 Å². The Labute approximate surface area is 134 Å². The molecule has 0 aliphatic heterocycles. The number of halogens is 3. The summed E-state index contributed by atoms with van der Waals surface area (Å²) in [7, 11) is 3.99. The molecule has 2 atom stereocenters. The summed E-state index contributed by atoms with van der Waals surface area (Å²) in [6.07, 6.45) is 0.876. The lowest BCUT2D eigenvalue weighted by molar-refractivity contribution is -0.137. The zero-order valence-corrected chi connectivity index (χ0v) is 13.5. The van der Waals surface area contributed by atoms with Crippen LogP contribution in [-0.4, -0.2) is 37.0 Å². The van der Waals surface area contributed by atoms with E-state index in [-0.39, 0.29) is 23.6 Å². The topological polar surface area (TPSA) is 32.3 Å². The van der Waals surface area contributed by atoms with Gasteiger partial charge < -0.3 is 10.2 Å². The van der Waals surface area contributed by atoms with Crippen molar-refractivity contribution in [1.82, 2.24) is 10.2 Å². The molecule has 2 rings (SSSR count). The van der Waals surface area contributed by atoms with Gasteiger partial charge in [0.15, 0.2) is 0 Å². The fourth-order valence-electron chi connectivity index (χ4n) is 3.14. The van der Waals surface area contributed by atoms with E-state index in [2.05, 4.69) is 10.2 Å². The fraction of sp³-hybridized carbons (Fsp3) is 0.588. The molecule has 1 aromatic carbocycles. The Morgan fingerprint density at radius 3 is 2.26 bits per heavy atom. The maximum absolute atomic E-state index is 12.6. The summed E-state index contributed by atoms with van der Waals surface area (Å²) in [4.78, 5) is 14.5. The molecule has 1 aliphatic rings. The summed E-state index contributed by atoms with van der Waals surface area (Å²) < 4.78 is 37.7. The van der Waals surface area contributed by atoms with E-state index < -0.39 is 11.7 Å². The maximum Gasteiger partial charge on any atom is 0.416 e. The molecule has 0 aromatic heterocycles. The van der Waals surface area contributed by atoms with Crippen molar-refractivity contribution in [3.63, 3.8) is 0 Å². The highest BCUT2D eigenvalue weighted by molar-refractivity contribution is 5.94. The van der Waals surface area contributed by atoms with Crippen LogP contribution in [0.2, 0.25) is 0 Å². The minimum absolute atomic E-state index is 0.0299. The van der Waals surface area contributed by atoms with Crippen LogP contribution in [-0.2, 0) is 6.18 Å². The lowest BCUT2D eigenvalue weighted by Crippen LogP contribution is -2.48. The van der Waals surface area contributed by atoms with Crippen molar-refractivity contribution in [3.8, 4) is 0 Å². The first-order valence-corrected chi connectivity index (χ1v) is 7.93. The van der Waals surface area contributed by atoms with Crippen molar-refractivity contribution >= 4 is 5.91 Å². The van der Waals surface area contributed by atoms with Crippen molar-refractivity contribution < 1.29 is 18.0 Å². The average molecular weight is 328 g/mol. The molecular weight excluding hydrogens is 305 g/mol. The number of rotatable bonds is 3. The number of carbonyl (C=O) groups is 1. The molecule has 0 spiro atoms. The highest BCUT2D eigenvalue weighted by Gasteiger charge is 2.31. The summed E-state index contributed by atoms with van der Waals surface area (Å²) in [5.74, 6) is -0.308. The molecule has 6 heteroatoms. The standard InChI is InChI=1S/C17H23F3N2O/c1-22(2)15-7-5-3-4-6-14(15)21-16(23)12-8-10-13(11-9-12)17(18,19)20/h8-11,14-15H,3-7H2,1-2H3,(H,21,23)/t14-,15-/m1/s1. The lowest BCUT2D eigenvalue weighted by Gasteiger charge is -2.31. The monoisotopic (exact) mass is 328 g/mol. The summed E-state index contributed by atoms with van der Waals surface area (Å²) in [5, 5.41) is 3.00. The highest BCUT2D eigenvalue weighted by atomic mass is 19.4. The minimum Gasteiger partial charge on any atom is -0.348 e. The molecule has 1 aliphatic carbocycles. The third kappa shape index (κ3) is 4.70. The van der Waals surface area contributed by atoms with Gasteiger partial charge in [-0.05, 0) is 51.2 Å². The van der Waals surface area contributed by atoms with Crippen molar-refractivity contribution in [2.75, 3.05) is 14.1 Å². The van der Waals surface area contributed by atoms with Gasteiger partial charge in [0, 0.05) is 17.6 Å². The second kappa shape index (κ2) is 7.34. The van der Waals surface area contributed by atoms with Crippen molar-refractivity contribution in [3.05, 3.63) is 35.4 Å². The van der Waals surface area contributed by atoms with Gasteiger partial charge in [-0.15, -0.1) is 0 Å². The molecule has 1 fully saturated rings. The normalized spacial score (nSPS) is 22.7. The Balaban J connectivity index is 2.07. The molecule has 0 heterocycles. The third-order valence-corrected chi connectivity index (χ3v) is 4.43. The minimum atomic E-state index is -4.38. The average Bonchev–Trinajstić information content (AvgIpc) is 2.72. The first kappa shape index (κ1) is 17.8. The van der Waals surface area contributed by atoms with Gasteiger partial charge in [-0.2, -0.15) is 13.2 Å². The molecule has 1 aromatic rings. The lowest BCUT2D eigenvalue weighted by atomic mass is 10.0. The molecule has 23 heavy (non-hydrogen) atoms. The van der Waals surface area contributed by atoms with Crippen LogP contribution >= 0.6 is 0 Å². The van der Waals surface area contributed by atoms with Gasteiger partial charge in [-0.1, -0.05) is 19.3 Å². The summed E-state index contributed by atoms with van der Waals surface area (Å²) in [5.41, 5.74) is -0.477. The quantitative estimate of drug-likeness (QED) is 0.858. The van der Waals surface area contributed by atoms with E-state index in [1.165, 1.54) is 12.1 Å². The summed E-state index contributed by atoms with van der Waals surface area (Å²) in [6.45, 7) is 0. The van der Waals surface area contributed by atoms with Crippen molar-refractivity contribution in [2.24, 2.45) is 0 Å². The van der Waals surface area contributed by atoms with Crippen LogP contribution in [0.3, 0.4) is 0 Å². The van der Waals surface area contributed by atoms with Crippen LogP contribution in [0.5, 0.6) is 0 Å². The Morgan fingerprint density at radius 2 is 1.70 bits per heavy atom. The molecular formula is C17H23F3N2O. The van der Waals surface area contributed by atoms with Gasteiger partial charge in [0.25, 0.3) is 5.91 Å². The number of nitrogens with one attached hydrogen (secondary N) is 1. The Kier molecular flexibility index (Phi) is 5.68. The molecule has 0 saturated heterocycles. The number of carbonyl (C=O) groups excluding carboxylic acids is 1. The third-order valence-electron chi connectivity index (χ3n) is 4.43. The predicted molar refractivity (Wildman–Crippen MR) is 83.3 cm³/mol. The van der Waals surface area contributed by atoms with Crippen LogP contribution in [0.15, 0.2) is 24.3 Å². The zero-order chi connectivity index (χ0) is 17.0. The van der Waals surface area contributed by atoms with E-state index in [4.69, 9.17) is 0 Å². The molecule has 0 unspecified atom stereocenters. The van der Waals surface area contributed by atoms with E-state index in [0.717, 1.165) is 44.2 Å².